The number of unbranched alkanes of at least 4 members (excludes halogenated alkanes) is 10. The molecule has 2 nitrogen and oxygen atoms in total. The first kappa shape index (κ1) is 61.5. The minimum absolute atomic E-state index is 0.0224. The van der Waals surface area contributed by atoms with Gasteiger partial charge in [0.2, 0.25) is 0 Å². The summed E-state index contributed by atoms with van der Waals surface area (Å²) < 4.78 is 0. The van der Waals surface area contributed by atoms with Gasteiger partial charge >= 0.3 is 0 Å². The lowest BCUT2D eigenvalue weighted by atomic mass is 9.70. The van der Waals surface area contributed by atoms with Crippen molar-refractivity contribution in [3.05, 3.63) is 314 Å². The molecule has 0 fully saturated rings. The van der Waals surface area contributed by atoms with E-state index in [2.05, 4.69) is 328 Å². The molecule has 0 aromatic heterocycles. The van der Waals surface area contributed by atoms with Crippen LogP contribution in [0.15, 0.2) is 297 Å². The Morgan fingerprint density at radius 2 is 0.638 bits per heavy atom. The number of aryl methyl sites for hydroxylation is 1. The maximum absolute atomic E-state index is 2.60. The third-order valence-electron chi connectivity index (χ3n) is 20.1. The second-order valence-electron chi connectivity index (χ2n) is 26.3. The summed E-state index contributed by atoms with van der Waals surface area (Å²) >= 11 is 0. The minimum Gasteiger partial charge on any atom is -0.311 e. The van der Waals surface area contributed by atoms with Crippen LogP contribution in [-0.2, 0) is 5.41 Å². The molecule has 1 aliphatic carbocycles. The van der Waals surface area contributed by atoms with E-state index in [1.165, 1.54) is 195 Å². The second-order valence-corrected chi connectivity index (χ2v) is 26.3. The zero-order chi connectivity index (χ0) is 63.6. The van der Waals surface area contributed by atoms with Crippen molar-refractivity contribution in [3.63, 3.8) is 0 Å². The fraction of sp³-hybridized carbons (Fsp3) is 0.196. The smallest absolute Gasteiger partial charge is 0.0465 e. The van der Waals surface area contributed by atoms with E-state index in [0.29, 0.717) is 0 Å². The van der Waals surface area contributed by atoms with E-state index in [1.807, 2.05) is 0 Å². The van der Waals surface area contributed by atoms with Gasteiger partial charge in [0.25, 0.3) is 0 Å². The highest BCUT2D eigenvalue weighted by atomic mass is 15.1. The van der Waals surface area contributed by atoms with E-state index < -0.39 is 0 Å². The lowest BCUT2D eigenvalue weighted by Crippen LogP contribution is -2.26. The van der Waals surface area contributed by atoms with Crippen molar-refractivity contribution in [1.29, 1.82) is 0 Å². The van der Waals surface area contributed by atoms with Crippen LogP contribution in [0.25, 0.3) is 88.3 Å². The lowest BCUT2D eigenvalue weighted by molar-refractivity contribution is 0.398. The maximum atomic E-state index is 2.60. The van der Waals surface area contributed by atoms with Gasteiger partial charge in [-0.15, -0.1) is 0 Å². The van der Waals surface area contributed by atoms with E-state index in [0.717, 1.165) is 28.4 Å². The highest BCUT2D eigenvalue weighted by Crippen LogP contribution is 2.56. The number of hydrogen-bond donors (Lipinski definition) is 0. The zero-order valence-electron chi connectivity index (χ0n) is 55.1. The van der Waals surface area contributed by atoms with Gasteiger partial charge in [-0.3, -0.25) is 0 Å². The predicted octanol–water partition coefficient (Wildman–Crippen LogP) is 27.3. The highest BCUT2D eigenvalue weighted by Gasteiger charge is 2.42. The van der Waals surface area contributed by atoms with Gasteiger partial charge in [0.15, 0.2) is 0 Å². The van der Waals surface area contributed by atoms with Gasteiger partial charge in [0.1, 0.15) is 0 Å². The van der Waals surface area contributed by atoms with Crippen molar-refractivity contribution in [2.75, 3.05) is 9.80 Å². The molecule has 0 saturated heterocycles. The average Bonchev–Trinajstić information content (AvgIpc) is 1.57. The molecule has 14 rings (SSSR count). The Morgan fingerprint density at radius 1 is 0.245 bits per heavy atom. The molecule has 0 bridgehead atoms. The van der Waals surface area contributed by atoms with Crippen LogP contribution in [0.4, 0.5) is 34.1 Å². The summed E-state index contributed by atoms with van der Waals surface area (Å²) in [6.07, 6.45) is 18.0. The molecule has 0 spiro atoms. The van der Waals surface area contributed by atoms with Gasteiger partial charge in [-0.05, 0) is 204 Å². The number of nitrogens with zero attached hydrogens (tertiary/aromatic N) is 2. The summed E-state index contributed by atoms with van der Waals surface area (Å²) in [5.41, 5.74) is 25.9. The molecule has 0 aliphatic heterocycles. The topological polar surface area (TPSA) is 6.48 Å². The van der Waals surface area contributed by atoms with Crippen LogP contribution in [0.5, 0.6) is 0 Å². The van der Waals surface area contributed by atoms with Crippen LogP contribution in [0.2, 0.25) is 0 Å². The van der Waals surface area contributed by atoms with E-state index in [9.17, 15) is 0 Å². The van der Waals surface area contributed by atoms with Crippen molar-refractivity contribution in [1.82, 2.24) is 0 Å². The number of benzene rings is 13. The molecule has 0 amide bonds. The molecule has 0 N–H and O–H groups in total. The fourth-order valence-electron chi connectivity index (χ4n) is 15.2. The molecule has 0 atom stereocenters. The lowest BCUT2D eigenvalue weighted by Gasteiger charge is -2.34. The summed E-state index contributed by atoms with van der Waals surface area (Å²) in [4.78, 5) is 4.89. The third-order valence-corrected chi connectivity index (χ3v) is 20.1. The number of rotatable bonds is 25. The Kier molecular flexibility index (Phi) is 18.6. The minimum atomic E-state index is -0.0224. The number of hydrogen-bond acceptors (Lipinski definition) is 2. The standard InChI is InChI=1S/C92H86N2/c1-4-6-8-10-12-23-61-92(62-24-13-11-9-7-5-2)90-38-22-21-37-87(90)88-60-59-83(66-91(88)92)94(81-49-39-69(40-50-81)68-28-15-14-16-29-68)82-55-45-72(46-56-82)76-33-26-32-75(64-76)71-43-53-79(54-44-71)93(78-51-41-70(42-52-78)74-31-25-27-67(3)63-74)80-57-47-73(48-58-80)89-65-77-30-17-18-34-84(77)85-35-19-20-36-86(85)89/h14-22,25-60,63-66H,4-13,23-24,61-62H2,1-3H3. The van der Waals surface area contributed by atoms with Crippen LogP contribution >= 0.6 is 0 Å². The molecule has 0 radical (unpaired) electrons. The molecular formula is C92H86N2. The van der Waals surface area contributed by atoms with Crippen LogP contribution in [-0.4, -0.2) is 0 Å². The molecular weight excluding hydrogens is 1130 g/mol. The Morgan fingerprint density at radius 3 is 1.19 bits per heavy atom. The zero-order valence-corrected chi connectivity index (χ0v) is 55.1. The molecule has 0 heterocycles. The van der Waals surface area contributed by atoms with Crippen LogP contribution in [0, 0.1) is 6.92 Å². The van der Waals surface area contributed by atoms with Crippen LogP contribution in [0.3, 0.4) is 0 Å². The first-order valence-electron chi connectivity index (χ1n) is 34.9. The van der Waals surface area contributed by atoms with Crippen molar-refractivity contribution in [2.24, 2.45) is 0 Å². The second kappa shape index (κ2) is 28.5. The first-order chi connectivity index (χ1) is 46.4. The van der Waals surface area contributed by atoms with E-state index >= 15 is 0 Å². The Balaban J connectivity index is 0.781. The summed E-state index contributed by atoms with van der Waals surface area (Å²) in [5.74, 6) is 0. The normalized spacial score (nSPS) is 12.2. The number of anilines is 6. The van der Waals surface area contributed by atoms with Crippen molar-refractivity contribution >= 4 is 55.7 Å². The van der Waals surface area contributed by atoms with Crippen LogP contribution in [0.1, 0.15) is 120 Å². The van der Waals surface area contributed by atoms with Crippen molar-refractivity contribution in [3.8, 4) is 66.8 Å². The number of fused-ring (bicyclic) bond motifs is 6. The van der Waals surface area contributed by atoms with Gasteiger partial charge in [-0.1, -0.05) is 309 Å². The molecule has 1 aliphatic rings. The monoisotopic (exact) mass is 1220 g/mol. The molecule has 2 heteroatoms. The molecule has 94 heavy (non-hydrogen) atoms. The summed E-state index contributed by atoms with van der Waals surface area (Å²) in [7, 11) is 0. The van der Waals surface area contributed by atoms with Crippen molar-refractivity contribution < 1.29 is 0 Å². The van der Waals surface area contributed by atoms with Crippen molar-refractivity contribution in [2.45, 2.75) is 116 Å². The molecule has 0 unspecified atom stereocenters. The molecule has 0 saturated carbocycles. The van der Waals surface area contributed by atoms with Gasteiger partial charge < -0.3 is 9.80 Å². The van der Waals surface area contributed by atoms with E-state index in [1.54, 1.807) is 5.56 Å². The Bertz CT molecular complexity index is 4660. The Labute approximate surface area is 558 Å². The van der Waals surface area contributed by atoms with E-state index in [-0.39, 0.29) is 5.41 Å². The fourth-order valence-corrected chi connectivity index (χ4v) is 15.2. The van der Waals surface area contributed by atoms with Crippen LogP contribution < -0.4 is 9.80 Å². The van der Waals surface area contributed by atoms with Gasteiger partial charge in [-0.25, -0.2) is 0 Å². The quantitative estimate of drug-likeness (QED) is 0.0416. The predicted molar refractivity (Wildman–Crippen MR) is 405 cm³/mol. The van der Waals surface area contributed by atoms with Gasteiger partial charge in [0.05, 0.1) is 0 Å². The molecule has 13 aromatic carbocycles. The highest BCUT2D eigenvalue weighted by molar-refractivity contribution is 6.13. The molecule has 13 aromatic rings. The summed E-state index contributed by atoms with van der Waals surface area (Å²) in [6.45, 7) is 6.81. The maximum Gasteiger partial charge on any atom is 0.0465 e. The summed E-state index contributed by atoms with van der Waals surface area (Å²) in [6, 6.07) is 111. The average molecular weight is 1220 g/mol. The first-order valence-corrected chi connectivity index (χ1v) is 34.9. The Hall–Kier alpha value is -10.0. The van der Waals surface area contributed by atoms with Gasteiger partial charge in [-0.2, -0.15) is 0 Å². The van der Waals surface area contributed by atoms with Gasteiger partial charge in [0, 0.05) is 39.5 Å². The third kappa shape index (κ3) is 12.9. The van der Waals surface area contributed by atoms with E-state index in [4.69, 9.17) is 0 Å². The molecule has 464 valence electrons. The summed E-state index contributed by atoms with van der Waals surface area (Å²) in [5, 5.41) is 5.07. The largest absolute Gasteiger partial charge is 0.311 e. The SMILES string of the molecule is CCCCCCCCC1(CCCCCCCC)c2ccccc2-c2ccc(N(c3ccc(-c4ccccc4)cc3)c3ccc(-c4cccc(-c5ccc(N(c6ccc(-c7cccc(C)c7)cc6)c6ccc(-c7cc8ccccc8c8ccccc78)cc6)cc5)c4)cc3)cc21.